The third-order valence-corrected chi connectivity index (χ3v) is 5.70. The molecule has 0 saturated carbocycles. The summed E-state index contributed by atoms with van der Waals surface area (Å²) in [7, 11) is 0. The number of nitrogens with two attached hydrogens (primary N) is 1. The van der Waals surface area contributed by atoms with Gasteiger partial charge in [0.2, 0.25) is 0 Å². The van der Waals surface area contributed by atoms with Crippen LogP contribution in [0.2, 0.25) is 0 Å². The highest BCUT2D eigenvalue weighted by Gasteiger charge is 2.24. The summed E-state index contributed by atoms with van der Waals surface area (Å²) in [6.07, 6.45) is 3.20. The first-order valence-electron chi connectivity index (χ1n) is 8.61. The quantitative estimate of drug-likeness (QED) is 0.636. The summed E-state index contributed by atoms with van der Waals surface area (Å²) >= 11 is 6.65. The molecule has 8 heteroatoms. The summed E-state index contributed by atoms with van der Waals surface area (Å²) < 4.78 is 7.16. The predicted octanol–water partition coefficient (Wildman–Crippen LogP) is 3.65. The molecule has 1 aromatic carbocycles. The highest BCUT2D eigenvalue weighted by Crippen LogP contribution is 2.28. The lowest BCUT2D eigenvalue weighted by Crippen LogP contribution is -2.35. The van der Waals surface area contributed by atoms with E-state index in [1.165, 1.54) is 11.3 Å². The maximum Gasteiger partial charge on any atom is 0.338 e. The average Bonchev–Trinajstić information content (AvgIpc) is 2.96. The van der Waals surface area contributed by atoms with Crippen molar-refractivity contribution in [1.29, 1.82) is 0 Å². The number of piperidine rings is 1. The zero-order chi connectivity index (χ0) is 18.7. The summed E-state index contributed by atoms with van der Waals surface area (Å²) in [5.74, 6) is -0.0819. The van der Waals surface area contributed by atoms with Crippen molar-refractivity contribution in [3.8, 4) is 5.69 Å². The Morgan fingerprint density at radius 1 is 1.19 bits per heavy atom. The van der Waals surface area contributed by atoms with Crippen molar-refractivity contribution in [3.63, 3.8) is 0 Å². The lowest BCUT2D eigenvalue weighted by Gasteiger charge is -2.26. The van der Waals surface area contributed by atoms with Crippen LogP contribution in [0, 0.1) is 3.95 Å². The van der Waals surface area contributed by atoms with Crippen LogP contribution in [-0.4, -0.2) is 41.0 Å². The Hall–Kier alpha value is -2.19. The van der Waals surface area contributed by atoms with Gasteiger partial charge in [-0.3, -0.25) is 9.36 Å². The Kier molecular flexibility index (Phi) is 5.73. The number of nitrogen functional groups attached to an aromatic ring is 1. The standard InChI is InChI=1S/C18H21N3O3S2/c1-2-24-17(23)12-6-8-13(9-7-12)21-15(19)14(26-18(21)25)16(22)20-10-4-3-5-11-20/h6-9H,2-5,10-11,19H2,1H3. The van der Waals surface area contributed by atoms with Gasteiger partial charge in [-0.1, -0.05) is 11.3 Å². The van der Waals surface area contributed by atoms with Gasteiger partial charge in [-0.15, -0.1) is 0 Å². The van der Waals surface area contributed by atoms with Gasteiger partial charge in [0.05, 0.1) is 12.2 Å². The zero-order valence-electron chi connectivity index (χ0n) is 14.6. The molecule has 2 N–H and O–H groups in total. The Balaban J connectivity index is 1.89. The van der Waals surface area contributed by atoms with E-state index >= 15 is 0 Å². The van der Waals surface area contributed by atoms with Crippen molar-refractivity contribution in [2.75, 3.05) is 25.4 Å². The first-order valence-corrected chi connectivity index (χ1v) is 9.83. The van der Waals surface area contributed by atoms with E-state index in [2.05, 4.69) is 0 Å². The van der Waals surface area contributed by atoms with Gasteiger partial charge in [0.25, 0.3) is 5.91 Å². The van der Waals surface area contributed by atoms with Gasteiger partial charge in [0.1, 0.15) is 10.7 Å². The Morgan fingerprint density at radius 3 is 2.46 bits per heavy atom. The minimum absolute atomic E-state index is 0.0554. The normalized spacial score (nSPS) is 14.3. The Morgan fingerprint density at radius 2 is 1.85 bits per heavy atom. The average molecular weight is 392 g/mol. The lowest BCUT2D eigenvalue weighted by molar-refractivity contribution is 0.0526. The predicted molar refractivity (Wildman–Crippen MR) is 105 cm³/mol. The SMILES string of the molecule is CCOC(=O)c1ccc(-n2c(N)c(C(=O)N3CCCCC3)sc2=S)cc1. The number of carbonyl (C=O) groups excluding carboxylic acids is 2. The lowest BCUT2D eigenvalue weighted by atomic mass is 10.1. The van der Waals surface area contributed by atoms with Gasteiger partial charge in [-0.25, -0.2) is 4.79 Å². The molecule has 0 aliphatic carbocycles. The molecule has 1 aliphatic heterocycles. The van der Waals surface area contributed by atoms with Crippen LogP contribution in [0.5, 0.6) is 0 Å². The molecule has 1 aromatic heterocycles. The molecular weight excluding hydrogens is 370 g/mol. The summed E-state index contributed by atoms with van der Waals surface area (Å²) in [6.45, 7) is 3.61. The third kappa shape index (κ3) is 3.66. The van der Waals surface area contributed by atoms with Gasteiger partial charge in [-0.2, -0.15) is 0 Å². The molecule has 1 aliphatic rings. The molecule has 26 heavy (non-hydrogen) atoms. The molecule has 1 saturated heterocycles. The first kappa shape index (κ1) is 18.6. The van der Waals surface area contributed by atoms with E-state index in [9.17, 15) is 9.59 Å². The molecule has 2 heterocycles. The van der Waals surface area contributed by atoms with E-state index in [0.717, 1.165) is 38.0 Å². The molecule has 138 valence electrons. The summed E-state index contributed by atoms with van der Waals surface area (Å²) in [5.41, 5.74) is 7.43. The van der Waals surface area contributed by atoms with Crippen molar-refractivity contribution >= 4 is 41.2 Å². The number of ether oxygens (including phenoxy) is 1. The van der Waals surface area contributed by atoms with Crippen molar-refractivity contribution in [1.82, 2.24) is 9.47 Å². The largest absolute Gasteiger partial charge is 0.462 e. The smallest absolute Gasteiger partial charge is 0.338 e. The van der Waals surface area contributed by atoms with Crippen molar-refractivity contribution < 1.29 is 14.3 Å². The molecule has 6 nitrogen and oxygen atoms in total. The molecule has 0 unspecified atom stereocenters. The fraction of sp³-hybridized carbons (Fsp3) is 0.389. The number of aromatic nitrogens is 1. The van der Waals surface area contributed by atoms with Crippen molar-refractivity contribution in [2.24, 2.45) is 0 Å². The first-order chi connectivity index (χ1) is 12.5. The summed E-state index contributed by atoms with van der Waals surface area (Å²) in [5, 5.41) is 0. The van der Waals surface area contributed by atoms with E-state index in [4.69, 9.17) is 22.7 Å². The molecule has 0 radical (unpaired) electrons. The fourth-order valence-corrected chi connectivity index (χ4v) is 4.32. The number of hydrogen-bond acceptors (Lipinski definition) is 6. The monoisotopic (exact) mass is 391 g/mol. The minimum Gasteiger partial charge on any atom is -0.462 e. The van der Waals surface area contributed by atoms with Crippen LogP contribution in [0.15, 0.2) is 24.3 Å². The second kappa shape index (κ2) is 8.01. The highest BCUT2D eigenvalue weighted by molar-refractivity contribution is 7.73. The number of carbonyl (C=O) groups is 2. The molecule has 2 aromatic rings. The van der Waals surface area contributed by atoms with Crippen LogP contribution in [0.4, 0.5) is 5.82 Å². The molecular formula is C18H21N3O3S2. The number of benzene rings is 1. The van der Waals surface area contributed by atoms with E-state index in [1.54, 1.807) is 35.8 Å². The molecule has 0 atom stereocenters. The maximum atomic E-state index is 12.8. The molecule has 0 spiro atoms. The van der Waals surface area contributed by atoms with Crippen LogP contribution in [0.25, 0.3) is 5.69 Å². The van der Waals surface area contributed by atoms with Crippen LogP contribution >= 0.6 is 23.6 Å². The summed E-state index contributed by atoms with van der Waals surface area (Å²) in [4.78, 5) is 26.9. The van der Waals surface area contributed by atoms with Crippen molar-refractivity contribution in [2.45, 2.75) is 26.2 Å². The fourth-order valence-electron chi connectivity index (χ4n) is 2.98. The number of likely N-dealkylation sites (tertiary alicyclic amines) is 1. The van der Waals surface area contributed by atoms with E-state index in [0.29, 0.717) is 26.8 Å². The number of esters is 1. The van der Waals surface area contributed by atoms with Gasteiger partial charge >= 0.3 is 5.97 Å². The number of hydrogen-bond donors (Lipinski definition) is 1. The van der Waals surface area contributed by atoms with E-state index in [1.807, 2.05) is 4.90 Å². The van der Waals surface area contributed by atoms with Gasteiger partial charge in [-0.05, 0) is 62.7 Å². The number of amides is 1. The number of rotatable bonds is 4. The minimum atomic E-state index is -0.373. The molecule has 0 bridgehead atoms. The number of nitrogens with zero attached hydrogens (tertiary/aromatic N) is 2. The second-order valence-corrected chi connectivity index (χ2v) is 7.68. The zero-order valence-corrected chi connectivity index (χ0v) is 16.2. The Labute approximate surface area is 161 Å². The topological polar surface area (TPSA) is 77.6 Å². The molecule has 1 amide bonds. The third-order valence-electron chi connectivity index (χ3n) is 4.32. The van der Waals surface area contributed by atoms with Crippen LogP contribution in [0.3, 0.4) is 0 Å². The van der Waals surface area contributed by atoms with Crippen LogP contribution < -0.4 is 5.73 Å². The van der Waals surface area contributed by atoms with Crippen LogP contribution in [-0.2, 0) is 4.74 Å². The maximum absolute atomic E-state index is 12.8. The van der Waals surface area contributed by atoms with Crippen LogP contribution in [0.1, 0.15) is 46.2 Å². The molecule has 1 fully saturated rings. The molecule has 3 rings (SSSR count). The number of thiazole rings is 1. The van der Waals surface area contributed by atoms with Gasteiger partial charge in [0.15, 0.2) is 3.95 Å². The highest BCUT2D eigenvalue weighted by atomic mass is 32.1. The summed E-state index contributed by atoms with van der Waals surface area (Å²) in [6, 6.07) is 6.83. The van der Waals surface area contributed by atoms with E-state index < -0.39 is 0 Å². The van der Waals surface area contributed by atoms with Gasteiger partial charge < -0.3 is 15.4 Å². The van der Waals surface area contributed by atoms with Gasteiger partial charge in [0, 0.05) is 18.8 Å². The van der Waals surface area contributed by atoms with E-state index in [-0.39, 0.29) is 11.9 Å². The number of anilines is 1. The second-order valence-electron chi connectivity index (χ2n) is 6.04. The van der Waals surface area contributed by atoms with Crippen molar-refractivity contribution in [3.05, 3.63) is 38.7 Å². The Bertz CT molecular complexity index is 865.